The molecule has 0 atom stereocenters. The van der Waals surface area contributed by atoms with Crippen molar-refractivity contribution >= 4 is 23.3 Å². The van der Waals surface area contributed by atoms with Gasteiger partial charge >= 0.3 is 11.7 Å². The molecule has 0 saturated heterocycles. The lowest BCUT2D eigenvalue weighted by Crippen LogP contribution is -2.43. The number of likely N-dealkylation sites (N-methyl/N-ethyl adjacent to an activating group) is 1. The van der Waals surface area contributed by atoms with Crippen LogP contribution in [0.1, 0.15) is 34.6 Å². The molecular weight excluding hydrogens is 364 g/mol. The van der Waals surface area contributed by atoms with E-state index in [0.29, 0.717) is 17.8 Å². The van der Waals surface area contributed by atoms with Crippen molar-refractivity contribution in [3.05, 3.63) is 56.2 Å². The highest BCUT2D eigenvalue weighted by Crippen LogP contribution is 2.18. The van der Waals surface area contributed by atoms with Gasteiger partial charge in [-0.15, -0.1) is 0 Å². The highest BCUT2D eigenvalue weighted by molar-refractivity contribution is 6.02. The lowest BCUT2D eigenvalue weighted by molar-refractivity contribution is 0.0526. The maximum Gasteiger partial charge on any atom is 0.338 e. The monoisotopic (exact) mass is 388 g/mol. The number of ether oxygens (including phenoxy) is 1. The van der Waals surface area contributed by atoms with Gasteiger partial charge in [-0.05, 0) is 32.0 Å². The lowest BCUT2D eigenvalue weighted by Gasteiger charge is -2.23. The molecule has 0 spiro atoms. The van der Waals surface area contributed by atoms with Crippen molar-refractivity contribution in [2.45, 2.75) is 13.8 Å². The average molecular weight is 388 g/mol. The predicted octanol–water partition coefficient (Wildman–Crippen LogP) is 0.552. The van der Waals surface area contributed by atoms with Gasteiger partial charge in [0.2, 0.25) is 0 Å². The fourth-order valence-corrected chi connectivity index (χ4v) is 2.80. The topological polar surface area (TPSA) is 117 Å². The number of nitrogens with zero attached hydrogens (tertiary/aromatic N) is 3. The summed E-state index contributed by atoms with van der Waals surface area (Å²) in [6.07, 6.45) is 0. The van der Waals surface area contributed by atoms with Crippen LogP contribution < -0.4 is 21.9 Å². The molecule has 9 heteroatoms. The van der Waals surface area contributed by atoms with E-state index in [2.05, 4.69) is 0 Å². The number of nitrogens with two attached hydrogens (primary N) is 1. The molecule has 1 heterocycles. The van der Waals surface area contributed by atoms with E-state index < -0.39 is 23.0 Å². The summed E-state index contributed by atoms with van der Waals surface area (Å²) in [6, 6.07) is 6.69. The zero-order valence-electron chi connectivity index (χ0n) is 16.4. The molecule has 2 aromatic rings. The summed E-state index contributed by atoms with van der Waals surface area (Å²) in [5.74, 6) is -1.14. The van der Waals surface area contributed by atoms with Crippen molar-refractivity contribution in [1.29, 1.82) is 0 Å². The second-order valence-corrected chi connectivity index (χ2v) is 6.17. The molecule has 0 aliphatic rings. The van der Waals surface area contributed by atoms with E-state index in [4.69, 9.17) is 10.5 Å². The van der Waals surface area contributed by atoms with E-state index in [0.717, 1.165) is 9.13 Å². The molecule has 2 rings (SSSR count). The fourth-order valence-electron chi connectivity index (χ4n) is 2.80. The van der Waals surface area contributed by atoms with Gasteiger partial charge in [0, 0.05) is 26.3 Å². The van der Waals surface area contributed by atoms with Crippen molar-refractivity contribution in [3.8, 4) is 0 Å². The van der Waals surface area contributed by atoms with Crippen molar-refractivity contribution in [2.75, 3.05) is 30.3 Å². The maximum absolute atomic E-state index is 12.8. The highest BCUT2D eigenvalue weighted by atomic mass is 16.5. The van der Waals surface area contributed by atoms with Crippen LogP contribution in [0.2, 0.25) is 0 Å². The molecule has 0 aliphatic heterocycles. The van der Waals surface area contributed by atoms with Gasteiger partial charge in [-0.1, -0.05) is 6.07 Å². The average Bonchev–Trinajstić information content (AvgIpc) is 2.69. The Morgan fingerprint density at radius 2 is 1.82 bits per heavy atom. The van der Waals surface area contributed by atoms with Crippen LogP contribution in [-0.2, 0) is 18.8 Å². The summed E-state index contributed by atoms with van der Waals surface area (Å²) in [5.41, 5.74) is 5.28. The third-order valence-electron chi connectivity index (χ3n) is 4.43. The van der Waals surface area contributed by atoms with Crippen LogP contribution in [0.25, 0.3) is 0 Å². The first-order valence-electron chi connectivity index (χ1n) is 8.83. The van der Waals surface area contributed by atoms with Crippen LogP contribution in [0, 0.1) is 0 Å². The molecule has 0 radical (unpaired) electrons. The van der Waals surface area contributed by atoms with Crippen molar-refractivity contribution in [3.63, 3.8) is 0 Å². The van der Waals surface area contributed by atoms with Crippen molar-refractivity contribution in [1.82, 2.24) is 9.13 Å². The molecule has 2 N–H and O–H groups in total. The van der Waals surface area contributed by atoms with Crippen LogP contribution in [0.5, 0.6) is 0 Å². The molecule has 0 bridgehead atoms. The molecule has 0 saturated carbocycles. The number of Topliss-reactive ketones (excluding diaryl/α,β-unsaturated/α-hetero) is 1. The zero-order valence-corrected chi connectivity index (χ0v) is 16.4. The predicted molar refractivity (Wildman–Crippen MR) is 106 cm³/mol. The van der Waals surface area contributed by atoms with E-state index in [1.807, 2.05) is 6.92 Å². The van der Waals surface area contributed by atoms with E-state index >= 15 is 0 Å². The smallest absolute Gasteiger partial charge is 0.338 e. The first-order valence-corrected chi connectivity index (χ1v) is 8.83. The largest absolute Gasteiger partial charge is 0.462 e. The number of hydrogen-bond acceptors (Lipinski definition) is 7. The molecule has 0 fully saturated rings. The Hall–Kier alpha value is -3.36. The van der Waals surface area contributed by atoms with Gasteiger partial charge in [0.25, 0.3) is 5.56 Å². The summed E-state index contributed by atoms with van der Waals surface area (Å²) < 4.78 is 6.91. The van der Waals surface area contributed by atoms with Crippen molar-refractivity contribution < 1.29 is 14.3 Å². The molecule has 0 aliphatic carbocycles. The van der Waals surface area contributed by atoms with Gasteiger partial charge in [0.05, 0.1) is 18.7 Å². The molecule has 0 unspecified atom stereocenters. The number of esters is 1. The number of carbonyl (C=O) groups is 2. The van der Waals surface area contributed by atoms with Crippen LogP contribution in [0.4, 0.5) is 11.5 Å². The van der Waals surface area contributed by atoms with E-state index in [9.17, 15) is 19.2 Å². The zero-order chi connectivity index (χ0) is 21.0. The molecule has 28 heavy (non-hydrogen) atoms. The maximum atomic E-state index is 12.8. The third-order valence-corrected chi connectivity index (χ3v) is 4.43. The lowest BCUT2D eigenvalue weighted by atomic mass is 10.1. The normalized spacial score (nSPS) is 10.6. The van der Waals surface area contributed by atoms with Gasteiger partial charge in [0.1, 0.15) is 11.4 Å². The Morgan fingerprint density at radius 1 is 1.14 bits per heavy atom. The van der Waals surface area contributed by atoms with Gasteiger partial charge < -0.3 is 15.4 Å². The molecule has 1 aromatic heterocycles. The van der Waals surface area contributed by atoms with Crippen molar-refractivity contribution in [2.24, 2.45) is 14.1 Å². The summed E-state index contributed by atoms with van der Waals surface area (Å²) >= 11 is 0. The van der Waals surface area contributed by atoms with Crippen LogP contribution in [0.15, 0.2) is 33.9 Å². The van der Waals surface area contributed by atoms with Gasteiger partial charge in [-0.25, -0.2) is 9.59 Å². The SMILES string of the molecule is CCOC(=O)c1cccc(N(CC)CC(=O)c2c(N)n(C)c(=O)n(C)c2=O)c1. The Labute approximate surface area is 161 Å². The summed E-state index contributed by atoms with van der Waals surface area (Å²) in [6.45, 7) is 4.13. The second-order valence-electron chi connectivity index (χ2n) is 6.17. The van der Waals surface area contributed by atoms with Crippen LogP contribution in [-0.4, -0.2) is 40.6 Å². The summed E-state index contributed by atoms with van der Waals surface area (Å²) in [4.78, 5) is 50.8. The Morgan fingerprint density at radius 3 is 2.43 bits per heavy atom. The number of aromatic nitrogens is 2. The Bertz CT molecular complexity index is 1020. The summed E-state index contributed by atoms with van der Waals surface area (Å²) in [5, 5.41) is 0. The van der Waals surface area contributed by atoms with E-state index in [-0.39, 0.29) is 24.5 Å². The molecular formula is C19H24N4O5. The number of benzene rings is 1. The number of hydrogen-bond donors (Lipinski definition) is 1. The van der Waals surface area contributed by atoms with Crippen LogP contribution in [0.3, 0.4) is 0 Å². The Balaban J connectivity index is 2.38. The number of nitrogen functional groups attached to an aromatic ring is 1. The Kier molecular flexibility index (Phi) is 6.40. The van der Waals surface area contributed by atoms with Gasteiger partial charge in [-0.3, -0.25) is 18.7 Å². The number of rotatable bonds is 7. The minimum atomic E-state index is -0.734. The fraction of sp³-hybridized carbons (Fsp3) is 0.368. The molecule has 150 valence electrons. The quantitative estimate of drug-likeness (QED) is 0.544. The molecule has 1 aromatic carbocycles. The van der Waals surface area contributed by atoms with E-state index in [1.165, 1.54) is 14.1 Å². The van der Waals surface area contributed by atoms with E-state index in [1.54, 1.807) is 36.1 Å². The van der Waals surface area contributed by atoms with Gasteiger partial charge in [0.15, 0.2) is 5.78 Å². The molecule has 0 amide bonds. The minimum absolute atomic E-state index is 0.138. The third kappa shape index (κ3) is 3.98. The number of carbonyl (C=O) groups excluding carboxylic acids is 2. The van der Waals surface area contributed by atoms with Crippen LogP contribution >= 0.6 is 0 Å². The second kappa shape index (κ2) is 8.55. The number of anilines is 2. The highest BCUT2D eigenvalue weighted by Gasteiger charge is 2.22. The minimum Gasteiger partial charge on any atom is -0.462 e. The number of ketones is 1. The summed E-state index contributed by atoms with van der Waals surface area (Å²) in [7, 11) is 2.69. The first kappa shape index (κ1) is 20.9. The van der Waals surface area contributed by atoms with Gasteiger partial charge in [-0.2, -0.15) is 0 Å². The first-order chi connectivity index (χ1) is 13.2. The standard InChI is InChI=1S/C19H24N4O5/c1-5-23(13-9-7-8-12(10-13)18(26)28-6-2)11-14(24)15-16(20)21(3)19(27)22(4)17(15)25/h7-10H,5-6,11,20H2,1-4H3. The molecule has 9 nitrogen and oxygen atoms in total.